The molecule has 29 heavy (non-hydrogen) atoms. The lowest BCUT2D eigenvalue weighted by Gasteiger charge is -2.43. The number of ether oxygens (including phenoxy) is 1. The second-order valence-electron chi connectivity index (χ2n) is 7.60. The number of benzene rings is 2. The molecule has 0 saturated carbocycles. The highest BCUT2D eigenvalue weighted by Gasteiger charge is 2.43. The van der Waals surface area contributed by atoms with E-state index in [1.807, 2.05) is 55.5 Å². The van der Waals surface area contributed by atoms with Crippen molar-refractivity contribution in [3.05, 3.63) is 59.7 Å². The second kappa shape index (κ2) is 7.85. The topological polar surface area (TPSA) is 90.9 Å². The Hall–Kier alpha value is -2.90. The minimum atomic E-state index is -0.894. The lowest BCUT2D eigenvalue weighted by atomic mass is 9.79. The molecule has 0 bridgehead atoms. The molecule has 1 saturated heterocycles. The monoisotopic (exact) mass is 395 g/mol. The van der Waals surface area contributed by atoms with Crippen LogP contribution in [-0.4, -0.2) is 49.3 Å². The molecule has 2 atom stereocenters. The zero-order chi connectivity index (χ0) is 20.4. The molecule has 2 aliphatic heterocycles. The SMILES string of the molecule is Cc1ccc2c(c1)N(CC(=O)N[C@@]1(c3ccccc3)CCNC[C@H]1O)C(=O)CO2. The quantitative estimate of drug-likeness (QED) is 0.721. The maximum atomic E-state index is 13.1. The maximum Gasteiger partial charge on any atom is 0.265 e. The highest BCUT2D eigenvalue weighted by atomic mass is 16.5. The summed E-state index contributed by atoms with van der Waals surface area (Å²) in [7, 11) is 0. The van der Waals surface area contributed by atoms with Crippen LogP contribution in [0.25, 0.3) is 0 Å². The third-order valence-electron chi connectivity index (χ3n) is 5.61. The van der Waals surface area contributed by atoms with E-state index in [0.717, 1.165) is 11.1 Å². The molecule has 0 radical (unpaired) electrons. The van der Waals surface area contributed by atoms with Gasteiger partial charge >= 0.3 is 0 Å². The Morgan fingerprint density at radius 1 is 1.31 bits per heavy atom. The van der Waals surface area contributed by atoms with E-state index < -0.39 is 11.6 Å². The van der Waals surface area contributed by atoms with Crippen molar-refractivity contribution >= 4 is 17.5 Å². The summed E-state index contributed by atoms with van der Waals surface area (Å²) in [6.07, 6.45) is -0.228. The van der Waals surface area contributed by atoms with E-state index in [4.69, 9.17) is 4.74 Å². The number of aryl methyl sites for hydroxylation is 1. The van der Waals surface area contributed by atoms with Crippen LogP contribution in [0, 0.1) is 6.92 Å². The molecule has 7 nitrogen and oxygen atoms in total. The van der Waals surface area contributed by atoms with Gasteiger partial charge < -0.3 is 20.5 Å². The van der Waals surface area contributed by atoms with Crippen molar-refractivity contribution in [1.82, 2.24) is 10.6 Å². The molecule has 2 aromatic rings. The number of carbonyl (C=O) groups is 2. The van der Waals surface area contributed by atoms with Gasteiger partial charge in [-0.3, -0.25) is 14.5 Å². The van der Waals surface area contributed by atoms with Gasteiger partial charge in [0, 0.05) is 6.54 Å². The third-order valence-corrected chi connectivity index (χ3v) is 5.61. The molecule has 3 N–H and O–H groups in total. The van der Waals surface area contributed by atoms with Gasteiger partial charge in [-0.25, -0.2) is 0 Å². The predicted molar refractivity (Wildman–Crippen MR) is 109 cm³/mol. The predicted octanol–water partition coefficient (Wildman–Crippen LogP) is 1.09. The maximum absolute atomic E-state index is 13.1. The fourth-order valence-electron chi connectivity index (χ4n) is 4.07. The van der Waals surface area contributed by atoms with Crippen molar-refractivity contribution in [1.29, 1.82) is 0 Å². The molecular weight excluding hydrogens is 370 g/mol. The number of anilines is 1. The van der Waals surface area contributed by atoms with Crippen molar-refractivity contribution < 1.29 is 19.4 Å². The van der Waals surface area contributed by atoms with E-state index in [9.17, 15) is 14.7 Å². The smallest absolute Gasteiger partial charge is 0.265 e. The Labute approximate surface area is 169 Å². The van der Waals surface area contributed by atoms with Gasteiger partial charge in [-0.05, 0) is 43.1 Å². The summed E-state index contributed by atoms with van der Waals surface area (Å²) in [5.74, 6) is -0.00180. The van der Waals surface area contributed by atoms with Gasteiger partial charge in [0.1, 0.15) is 12.3 Å². The Bertz CT molecular complexity index is 918. The van der Waals surface area contributed by atoms with Crippen molar-refractivity contribution in [3.8, 4) is 5.75 Å². The lowest BCUT2D eigenvalue weighted by molar-refractivity contribution is -0.128. The molecule has 0 spiro atoms. The molecule has 0 aromatic heterocycles. The summed E-state index contributed by atoms with van der Waals surface area (Å²) >= 11 is 0. The number of piperidine rings is 1. The van der Waals surface area contributed by atoms with Crippen LogP contribution in [0.15, 0.2) is 48.5 Å². The van der Waals surface area contributed by atoms with E-state index in [-0.39, 0.29) is 25.0 Å². The molecule has 2 aliphatic rings. The van der Waals surface area contributed by atoms with Crippen LogP contribution in [0.3, 0.4) is 0 Å². The van der Waals surface area contributed by atoms with E-state index in [1.54, 1.807) is 0 Å². The van der Waals surface area contributed by atoms with E-state index in [2.05, 4.69) is 10.6 Å². The van der Waals surface area contributed by atoms with Crippen molar-refractivity contribution in [3.63, 3.8) is 0 Å². The first-order chi connectivity index (χ1) is 14.0. The zero-order valence-corrected chi connectivity index (χ0v) is 16.4. The number of rotatable bonds is 4. The molecule has 1 fully saturated rings. The lowest BCUT2D eigenvalue weighted by Crippen LogP contribution is -2.62. The van der Waals surface area contributed by atoms with Crippen LogP contribution in [0.1, 0.15) is 17.5 Å². The van der Waals surface area contributed by atoms with E-state index >= 15 is 0 Å². The zero-order valence-electron chi connectivity index (χ0n) is 16.4. The molecule has 2 heterocycles. The fraction of sp³-hybridized carbons (Fsp3) is 0.364. The average molecular weight is 395 g/mol. The van der Waals surface area contributed by atoms with Gasteiger partial charge in [-0.1, -0.05) is 36.4 Å². The standard InChI is InChI=1S/C22H25N3O4/c1-15-7-8-18-17(11-15)25(21(28)14-29-18)13-20(27)24-22(9-10-23-12-19(22)26)16-5-3-2-4-6-16/h2-8,11,19,23,26H,9-10,12-14H2,1H3,(H,24,27)/t19-,22-/m1/s1. The first-order valence-corrected chi connectivity index (χ1v) is 9.79. The largest absolute Gasteiger partial charge is 0.482 e. The molecule has 7 heteroatoms. The summed E-state index contributed by atoms with van der Waals surface area (Å²) in [6.45, 7) is 2.75. The molecule has 152 valence electrons. The first-order valence-electron chi connectivity index (χ1n) is 9.79. The number of nitrogens with one attached hydrogen (secondary N) is 2. The minimum Gasteiger partial charge on any atom is -0.482 e. The number of aliphatic hydroxyl groups excluding tert-OH is 1. The van der Waals surface area contributed by atoms with Gasteiger partial charge in [-0.2, -0.15) is 0 Å². The Morgan fingerprint density at radius 3 is 2.86 bits per heavy atom. The fourth-order valence-corrected chi connectivity index (χ4v) is 4.07. The summed E-state index contributed by atoms with van der Waals surface area (Å²) < 4.78 is 5.49. The molecule has 2 amide bonds. The number of hydrogen-bond donors (Lipinski definition) is 3. The number of carbonyl (C=O) groups excluding carboxylic acids is 2. The molecule has 0 aliphatic carbocycles. The Morgan fingerprint density at radius 2 is 2.10 bits per heavy atom. The summed E-state index contributed by atoms with van der Waals surface area (Å²) in [5.41, 5.74) is 1.53. The highest BCUT2D eigenvalue weighted by molar-refractivity contribution is 6.02. The third kappa shape index (κ3) is 3.71. The molecule has 4 rings (SSSR count). The van der Waals surface area contributed by atoms with E-state index in [0.29, 0.717) is 30.9 Å². The van der Waals surface area contributed by atoms with Crippen LogP contribution in [-0.2, 0) is 15.1 Å². The summed E-state index contributed by atoms with van der Waals surface area (Å²) in [6, 6.07) is 15.1. The van der Waals surface area contributed by atoms with Crippen LogP contribution < -0.4 is 20.3 Å². The normalized spacial score (nSPS) is 23.9. The number of nitrogens with zero attached hydrogens (tertiary/aromatic N) is 1. The Balaban J connectivity index is 1.60. The van der Waals surface area contributed by atoms with Gasteiger partial charge in [0.2, 0.25) is 5.91 Å². The highest BCUT2D eigenvalue weighted by Crippen LogP contribution is 2.34. The number of amides is 2. The van der Waals surface area contributed by atoms with Crippen molar-refractivity contribution in [2.45, 2.75) is 25.0 Å². The molecule has 0 unspecified atom stereocenters. The van der Waals surface area contributed by atoms with Gasteiger partial charge in [-0.15, -0.1) is 0 Å². The number of aliphatic hydroxyl groups is 1. The second-order valence-corrected chi connectivity index (χ2v) is 7.60. The minimum absolute atomic E-state index is 0.0975. The van der Waals surface area contributed by atoms with Crippen LogP contribution in [0.5, 0.6) is 5.75 Å². The number of β-amino-alcohol motifs (C(OH)–C–C–N with tert-alkyl or cyclic N) is 1. The van der Waals surface area contributed by atoms with Gasteiger partial charge in [0.15, 0.2) is 6.61 Å². The van der Waals surface area contributed by atoms with E-state index in [1.165, 1.54) is 4.90 Å². The molecule has 2 aromatic carbocycles. The van der Waals surface area contributed by atoms with Crippen LogP contribution >= 0.6 is 0 Å². The van der Waals surface area contributed by atoms with Crippen LogP contribution in [0.2, 0.25) is 0 Å². The van der Waals surface area contributed by atoms with Crippen LogP contribution in [0.4, 0.5) is 5.69 Å². The summed E-state index contributed by atoms with van der Waals surface area (Å²) in [4.78, 5) is 27.0. The summed E-state index contributed by atoms with van der Waals surface area (Å²) in [5, 5.41) is 17.0. The van der Waals surface area contributed by atoms with Gasteiger partial charge in [0.05, 0.1) is 17.3 Å². The van der Waals surface area contributed by atoms with Gasteiger partial charge in [0.25, 0.3) is 5.91 Å². The average Bonchev–Trinajstić information content (AvgIpc) is 2.73. The number of fused-ring (bicyclic) bond motifs is 1. The first kappa shape index (κ1) is 19.4. The molecular formula is C22H25N3O4. The van der Waals surface area contributed by atoms with Crippen molar-refractivity contribution in [2.75, 3.05) is 31.1 Å². The van der Waals surface area contributed by atoms with Crippen molar-refractivity contribution in [2.24, 2.45) is 0 Å². The number of hydrogen-bond acceptors (Lipinski definition) is 5. The Kier molecular flexibility index (Phi) is 5.25.